The zero-order valence-corrected chi connectivity index (χ0v) is 22.8. The summed E-state index contributed by atoms with van der Waals surface area (Å²) in [5.41, 5.74) is -0.771. The third-order valence-electron chi connectivity index (χ3n) is 8.17. The number of amides is 2. The highest BCUT2D eigenvalue weighted by atomic mass is 19.1. The summed E-state index contributed by atoms with van der Waals surface area (Å²) in [6.07, 6.45) is 3.62. The second-order valence-electron chi connectivity index (χ2n) is 11.9. The van der Waals surface area contributed by atoms with Crippen LogP contribution in [-0.4, -0.2) is 48.2 Å². The molecule has 2 amide bonds. The van der Waals surface area contributed by atoms with E-state index in [1.165, 1.54) is 13.2 Å². The fraction of sp³-hybridized carbons (Fsp3) is 0.679. The number of nitrogens with one attached hydrogen (secondary N) is 2. The lowest BCUT2D eigenvalue weighted by molar-refractivity contribution is -0.150. The summed E-state index contributed by atoms with van der Waals surface area (Å²) in [4.78, 5) is 37.8. The maximum atomic E-state index is 14.8. The Morgan fingerprint density at radius 2 is 1.76 bits per heavy atom. The first kappa shape index (κ1) is 28.7. The summed E-state index contributed by atoms with van der Waals surface area (Å²) < 4.78 is 26.0. The second-order valence-corrected chi connectivity index (χ2v) is 11.9. The number of hydrogen-bond acceptors (Lipinski definition) is 5. The van der Waals surface area contributed by atoms with Crippen LogP contribution in [0, 0.1) is 22.6 Å². The molecule has 206 valence electrons. The molecular formula is C28H41FN2O6. The molecule has 1 aromatic rings. The molecule has 9 heteroatoms. The molecule has 3 N–H and O–H groups in total. The van der Waals surface area contributed by atoms with Crippen LogP contribution in [0.1, 0.15) is 89.9 Å². The second kappa shape index (κ2) is 11.3. The quantitative estimate of drug-likeness (QED) is 0.458. The number of halogens is 1. The van der Waals surface area contributed by atoms with Crippen LogP contribution in [0.25, 0.3) is 0 Å². The molecule has 2 aliphatic carbocycles. The van der Waals surface area contributed by atoms with Crippen molar-refractivity contribution >= 4 is 17.8 Å². The van der Waals surface area contributed by atoms with Gasteiger partial charge in [0.15, 0.2) is 11.6 Å². The number of hydrogen-bond donors (Lipinski definition) is 3. The van der Waals surface area contributed by atoms with E-state index < -0.39 is 23.1 Å². The van der Waals surface area contributed by atoms with Gasteiger partial charge in [0.05, 0.1) is 30.1 Å². The Labute approximate surface area is 218 Å². The molecule has 0 bridgehead atoms. The molecule has 3 rings (SSSR count). The van der Waals surface area contributed by atoms with Crippen LogP contribution in [0.2, 0.25) is 0 Å². The minimum atomic E-state index is -0.840. The van der Waals surface area contributed by atoms with E-state index in [9.17, 15) is 23.9 Å². The van der Waals surface area contributed by atoms with E-state index in [0.717, 1.165) is 12.5 Å². The SMILES string of the molecule is COc1cc(F)c(OC2CCC(C)(C(=O)O)CC2)cc1C(=O)N[C@@H]1CCC[C@@H]1C(=O)N[C@H](C)C(C)(C)C. The van der Waals surface area contributed by atoms with Gasteiger partial charge in [-0.25, -0.2) is 4.39 Å². The highest BCUT2D eigenvalue weighted by Gasteiger charge is 2.39. The van der Waals surface area contributed by atoms with Gasteiger partial charge in [-0.1, -0.05) is 27.2 Å². The van der Waals surface area contributed by atoms with Crippen LogP contribution < -0.4 is 20.1 Å². The fourth-order valence-electron chi connectivity index (χ4n) is 4.94. The largest absolute Gasteiger partial charge is 0.496 e. The summed E-state index contributed by atoms with van der Waals surface area (Å²) in [5.74, 6) is -2.38. The molecule has 2 aliphatic rings. The highest BCUT2D eigenvalue weighted by Crippen LogP contribution is 2.39. The van der Waals surface area contributed by atoms with E-state index in [-0.39, 0.29) is 52.5 Å². The van der Waals surface area contributed by atoms with Crippen LogP contribution in [0.4, 0.5) is 4.39 Å². The van der Waals surface area contributed by atoms with Crippen molar-refractivity contribution < 1.29 is 33.4 Å². The molecule has 37 heavy (non-hydrogen) atoms. The van der Waals surface area contributed by atoms with Gasteiger partial charge in [-0.15, -0.1) is 0 Å². The minimum Gasteiger partial charge on any atom is -0.496 e. The van der Waals surface area contributed by atoms with Gasteiger partial charge in [-0.2, -0.15) is 0 Å². The third-order valence-corrected chi connectivity index (χ3v) is 8.17. The number of benzene rings is 1. The predicted octanol–water partition coefficient (Wildman–Crippen LogP) is 4.70. The Hall–Kier alpha value is -2.84. The topological polar surface area (TPSA) is 114 Å². The van der Waals surface area contributed by atoms with Gasteiger partial charge in [-0.3, -0.25) is 14.4 Å². The molecule has 0 aromatic heterocycles. The smallest absolute Gasteiger partial charge is 0.309 e. The first-order chi connectivity index (χ1) is 17.2. The van der Waals surface area contributed by atoms with Gasteiger partial charge in [0.2, 0.25) is 5.91 Å². The molecule has 0 saturated heterocycles. The van der Waals surface area contributed by atoms with Gasteiger partial charge in [0, 0.05) is 18.2 Å². The zero-order valence-electron chi connectivity index (χ0n) is 22.8. The highest BCUT2D eigenvalue weighted by molar-refractivity contribution is 5.98. The number of carbonyl (C=O) groups is 3. The number of carboxylic acid groups (broad SMARTS) is 1. The van der Waals surface area contributed by atoms with Crippen LogP contribution in [-0.2, 0) is 9.59 Å². The van der Waals surface area contributed by atoms with Gasteiger partial charge in [0.25, 0.3) is 5.91 Å². The Morgan fingerprint density at radius 3 is 2.32 bits per heavy atom. The summed E-state index contributed by atoms with van der Waals surface area (Å²) in [6, 6.07) is 2.09. The van der Waals surface area contributed by atoms with Crippen molar-refractivity contribution in [1.82, 2.24) is 10.6 Å². The van der Waals surface area contributed by atoms with E-state index in [1.54, 1.807) is 6.92 Å². The molecular weight excluding hydrogens is 479 g/mol. The van der Waals surface area contributed by atoms with Crippen LogP contribution in [0.5, 0.6) is 11.5 Å². The molecule has 0 spiro atoms. The average molecular weight is 521 g/mol. The molecule has 0 unspecified atom stereocenters. The Morgan fingerprint density at radius 1 is 1.11 bits per heavy atom. The van der Waals surface area contributed by atoms with Crippen molar-refractivity contribution in [3.05, 3.63) is 23.5 Å². The monoisotopic (exact) mass is 520 g/mol. The third kappa shape index (κ3) is 6.73. The normalized spacial score (nSPS) is 26.7. The molecule has 2 saturated carbocycles. The Kier molecular flexibility index (Phi) is 8.75. The summed E-state index contributed by atoms with van der Waals surface area (Å²) in [5, 5.41) is 15.5. The van der Waals surface area contributed by atoms with Crippen molar-refractivity contribution in [2.75, 3.05) is 7.11 Å². The van der Waals surface area contributed by atoms with Crippen LogP contribution >= 0.6 is 0 Å². The predicted molar refractivity (Wildman–Crippen MR) is 137 cm³/mol. The van der Waals surface area contributed by atoms with E-state index in [1.807, 2.05) is 6.92 Å². The maximum Gasteiger partial charge on any atom is 0.309 e. The van der Waals surface area contributed by atoms with Gasteiger partial charge >= 0.3 is 5.97 Å². The van der Waals surface area contributed by atoms with Gasteiger partial charge in [-0.05, 0) is 63.9 Å². The molecule has 0 radical (unpaired) electrons. The first-order valence-corrected chi connectivity index (χ1v) is 13.1. The van der Waals surface area contributed by atoms with Crippen molar-refractivity contribution in [3.63, 3.8) is 0 Å². The average Bonchev–Trinajstić information content (AvgIpc) is 3.28. The number of aliphatic carboxylic acids is 1. The molecule has 0 heterocycles. The van der Waals surface area contributed by atoms with E-state index in [0.29, 0.717) is 38.5 Å². The zero-order chi connectivity index (χ0) is 27.5. The van der Waals surface area contributed by atoms with E-state index in [2.05, 4.69) is 31.4 Å². The lowest BCUT2D eigenvalue weighted by Gasteiger charge is -2.34. The minimum absolute atomic E-state index is 0.0259. The molecule has 0 aliphatic heterocycles. The summed E-state index contributed by atoms with van der Waals surface area (Å²) >= 11 is 0. The molecule has 8 nitrogen and oxygen atoms in total. The van der Waals surface area contributed by atoms with Crippen molar-refractivity contribution in [2.45, 2.75) is 97.8 Å². The van der Waals surface area contributed by atoms with Crippen molar-refractivity contribution in [2.24, 2.45) is 16.7 Å². The van der Waals surface area contributed by atoms with E-state index >= 15 is 0 Å². The lowest BCUT2D eigenvalue weighted by atomic mass is 9.75. The molecule has 2 fully saturated rings. The number of rotatable bonds is 8. The number of carbonyl (C=O) groups excluding carboxylic acids is 2. The maximum absolute atomic E-state index is 14.8. The van der Waals surface area contributed by atoms with Crippen molar-refractivity contribution in [1.29, 1.82) is 0 Å². The number of ether oxygens (including phenoxy) is 2. The summed E-state index contributed by atoms with van der Waals surface area (Å²) in [7, 11) is 1.36. The van der Waals surface area contributed by atoms with E-state index in [4.69, 9.17) is 9.47 Å². The Balaban J connectivity index is 1.71. The Bertz CT molecular complexity index is 1010. The van der Waals surface area contributed by atoms with Crippen LogP contribution in [0.15, 0.2) is 12.1 Å². The summed E-state index contributed by atoms with van der Waals surface area (Å²) in [6.45, 7) is 9.86. The first-order valence-electron chi connectivity index (χ1n) is 13.1. The lowest BCUT2D eigenvalue weighted by Crippen LogP contribution is -2.49. The van der Waals surface area contributed by atoms with Crippen LogP contribution in [0.3, 0.4) is 0 Å². The van der Waals surface area contributed by atoms with Crippen molar-refractivity contribution in [3.8, 4) is 11.5 Å². The van der Waals surface area contributed by atoms with Gasteiger partial charge in [0.1, 0.15) is 5.75 Å². The van der Waals surface area contributed by atoms with Gasteiger partial charge < -0.3 is 25.2 Å². The standard InChI is InChI=1S/C28H41FN2O6/c1-16(27(2,3)4)30-24(32)18-8-7-9-21(18)31-25(33)19-14-23(20(29)15-22(19)36-6)37-17-10-12-28(5,13-11-17)26(34)35/h14-18,21H,7-13H2,1-6H3,(H,30,32)(H,31,33)(H,34,35)/t16-,17?,18+,21-,28?/m1/s1. The molecule has 1 aromatic carbocycles. The fourth-order valence-corrected chi connectivity index (χ4v) is 4.94. The number of methoxy groups -OCH3 is 1. The number of carboxylic acids is 1. The molecule has 3 atom stereocenters.